The average Bonchev–Trinajstić information content (AvgIpc) is 2.11. The van der Waals surface area contributed by atoms with E-state index in [-0.39, 0.29) is 6.54 Å². The number of nitrogens with one attached hydrogen (secondary N) is 1. The van der Waals surface area contributed by atoms with Gasteiger partial charge in [0.05, 0.1) is 6.54 Å². The second kappa shape index (κ2) is 2.09. The lowest BCUT2D eigenvalue weighted by atomic mass is 10.1. The molecule has 10 heavy (non-hydrogen) atoms. The minimum absolute atomic E-state index is 0.157. The average molecular weight is 143 g/mol. The van der Waals surface area contributed by atoms with E-state index in [4.69, 9.17) is 5.11 Å². The van der Waals surface area contributed by atoms with Crippen LogP contribution < -0.4 is 5.32 Å². The van der Waals surface area contributed by atoms with Crippen LogP contribution in [0.5, 0.6) is 0 Å². The summed E-state index contributed by atoms with van der Waals surface area (Å²) in [5.74, 6) is -4.13. The third-order valence-corrected chi connectivity index (χ3v) is 1.27. The summed E-state index contributed by atoms with van der Waals surface area (Å²) in [5.41, 5.74) is 0. The number of carboxylic acid groups (broad SMARTS) is 1. The van der Waals surface area contributed by atoms with Crippen LogP contribution in [0.1, 0.15) is 0 Å². The lowest BCUT2D eigenvalue weighted by Crippen LogP contribution is -2.27. The lowest BCUT2D eigenvalue weighted by molar-refractivity contribution is -0.147. The Balaban J connectivity index is 2.82. The molecule has 0 spiro atoms. The molecule has 2 N–H and O–H groups in total. The summed E-state index contributed by atoms with van der Waals surface area (Å²) in [6.45, 7) is -0.157. The summed E-state index contributed by atoms with van der Waals surface area (Å²) in [6, 6.07) is 0. The maximum absolute atomic E-state index is 10.6. The van der Waals surface area contributed by atoms with Crippen molar-refractivity contribution in [3.05, 3.63) is 0 Å². The fraction of sp³-hybridized carbons (Fsp3) is 0.400. The van der Waals surface area contributed by atoms with Gasteiger partial charge in [0.1, 0.15) is 0 Å². The van der Waals surface area contributed by atoms with Crippen LogP contribution in [0.2, 0.25) is 0 Å². The highest BCUT2D eigenvalue weighted by atomic mass is 16.4. The van der Waals surface area contributed by atoms with Gasteiger partial charge >= 0.3 is 5.97 Å². The molecule has 1 unspecified atom stereocenters. The highest BCUT2D eigenvalue weighted by molar-refractivity contribution is 6.20. The summed E-state index contributed by atoms with van der Waals surface area (Å²) in [7, 11) is 0. The van der Waals surface area contributed by atoms with E-state index in [2.05, 4.69) is 5.32 Å². The largest absolute Gasteiger partial charge is 0.480 e. The smallest absolute Gasteiger partial charge is 0.323 e. The molecule has 1 aliphatic heterocycles. The quantitative estimate of drug-likeness (QED) is 0.432. The molecule has 5 nitrogen and oxygen atoms in total. The number of carbonyl (C=O) groups excluding carboxylic acids is 2. The minimum Gasteiger partial charge on any atom is -0.480 e. The summed E-state index contributed by atoms with van der Waals surface area (Å²) in [4.78, 5) is 31.2. The zero-order chi connectivity index (χ0) is 7.72. The first-order chi connectivity index (χ1) is 4.63. The van der Waals surface area contributed by atoms with Crippen LogP contribution in [0, 0.1) is 5.92 Å². The van der Waals surface area contributed by atoms with Crippen LogP contribution >= 0.6 is 0 Å². The van der Waals surface area contributed by atoms with Crippen molar-refractivity contribution < 1.29 is 19.5 Å². The molecule has 0 aromatic heterocycles. The molecule has 0 aromatic rings. The first kappa shape index (κ1) is 6.73. The van der Waals surface area contributed by atoms with Gasteiger partial charge in [-0.05, 0) is 0 Å². The standard InChI is InChI=1S/C5H5NO4/c7-2-1-6-4(8)3(2)5(9)10/h3H,1H2,(H,6,8)(H,9,10). The maximum atomic E-state index is 10.6. The van der Waals surface area contributed by atoms with Crippen LogP contribution in [0.25, 0.3) is 0 Å². The molecule has 5 heteroatoms. The van der Waals surface area contributed by atoms with Gasteiger partial charge in [0, 0.05) is 0 Å². The van der Waals surface area contributed by atoms with Crippen molar-refractivity contribution in [1.29, 1.82) is 0 Å². The van der Waals surface area contributed by atoms with Crippen molar-refractivity contribution >= 4 is 17.7 Å². The Morgan fingerprint density at radius 3 is 2.40 bits per heavy atom. The number of Topliss-reactive ketones (excluding diaryl/α,β-unsaturated/α-hetero) is 1. The van der Waals surface area contributed by atoms with E-state index < -0.39 is 23.6 Å². The normalized spacial score (nSPS) is 24.6. The van der Waals surface area contributed by atoms with Crippen LogP contribution in [-0.4, -0.2) is 29.3 Å². The fourth-order valence-electron chi connectivity index (χ4n) is 0.774. The Morgan fingerprint density at radius 1 is 1.60 bits per heavy atom. The summed E-state index contributed by atoms with van der Waals surface area (Å²) >= 11 is 0. The summed E-state index contributed by atoms with van der Waals surface area (Å²) in [5, 5.41) is 10.4. The number of ketones is 1. The first-order valence-corrected chi connectivity index (χ1v) is 2.66. The van der Waals surface area contributed by atoms with Gasteiger partial charge in [-0.25, -0.2) is 0 Å². The van der Waals surface area contributed by atoms with Crippen molar-refractivity contribution in [2.24, 2.45) is 5.92 Å². The van der Waals surface area contributed by atoms with E-state index in [0.717, 1.165) is 0 Å². The van der Waals surface area contributed by atoms with Gasteiger partial charge < -0.3 is 10.4 Å². The van der Waals surface area contributed by atoms with E-state index in [1.165, 1.54) is 0 Å². The third-order valence-electron chi connectivity index (χ3n) is 1.27. The molecular formula is C5H5NO4. The van der Waals surface area contributed by atoms with E-state index >= 15 is 0 Å². The van der Waals surface area contributed by atoms with Gasteiger partial charge in [-0.1, -0.05) is 0 Å². The van der Waals surface area contributed by atoms with Crippen LogP contribution in [-0.2, 0) is 14.4 Å². The highest BCUT2D eigenvalue weighted by Gasteiger charge is 2.38. The number of amides is 1. The zero-order valence-corrected chi connectivity index (χ0v) is 4.96. The molecule has 1 rings (SSSR count). The fourth-order valence-corrected chi connectivity index (χ4v) is 0.774. The first-order valence-electron chi connectivity index (χ1n) is 2.66. The van der Waals surface area contributed by atoms with Crippen molar-refractivity contribution in [3.8, 4) is 0 Å². The molecule has 1 atom stereocenters. The van der Waals surface area contributed by atoms with Gasteiger partial charge in [0.25, 0.3) is 0 Å². The molecule has 1 aliphatic rings. The lowest BCUT2D eigenvalue weighted by Gasteiger charge is -1.94. The molecular weight excluding hydrogens is 138 g/mol. The Hall–Kier alpha value is -1.39. The highest BCUT2D eigenvalue weighted by Crippen LogP contribution is 2.04. The van der Waals surface area contributed by atoms with Crippen LogP contribution in [0.3, 0.4) is 0 Å². The van der Waals surface area contributed by atoms with E-state index in [0.29, 0.717) is 0 Å². The Morgan fingerprint density at radius 2 is 2.20 bits per heavy atom. The Labute approximate surface area is 56.0 Å². The number of hydrogen-bond acceptors (Lipinski definition) is 3. The maximum Gasteiger partial charge on any atom is 0.323 e. The van der Waals surface area contributed by atoms with Gasteiger partial charge in [-0.15, -0.1) is 0 Å². The predicted molar refractivity (Wildman–Crippen MR) is 29.1 cm³/mol. The SMILES string of the molecule is O=C(O)C1C(=O)CNC1=O. The minimum atomic E-state index is -1.47. The van der Waals surface area contributed by atoms with E-state index in [9.17, 15) is 14.4 Å². The molecule has 0 bridgehead atoms. The molecule has 1 heterocycles. The summed E-state index contributed by atoms with van der Waals surface area (Å²) < 4.78 is 0. The number of aliphatic carboxylic acids is 1. The molecule has 54 valence electrons. The monoisotopic (exact) mass is 143 g/mol. The predicted octanol–water partition coefficient (Wildman–Crippen LogP) is -1.61. The number of rotatable bonds is 1. The van der Waals surface area contributed by atoms with Crippen molar-refractivity contribution in [2.45, 2.75) is 0 Å². The molecule has 0 aliphatic carbocycles. The summed E-state index contributed by atoms with van der Waals surface area (Å²) in [6.07, 6.45) is 0. The van der Waals surface area contributed by atoms with Gasteiger partial charge in [-0.2, -0.15) is 0 Å². The molecule has 0 radical (unpaired) electrons. The number of hydrogen-bond donors (Lipinski definition) is 2. The molecule has 1 fully saturated rings. The number of carboxylic acids is 1. The third kappa shape index (κ3) is 0.854. The Kier molecular flexibility index (Phi) is 1.41. The Bertz CT molecular complexity index is 194. The van der Waals surface area contributed by atoms with Crippen molar-refractivity contribution in [3.63, 3.8) is 0 Å². The van der Waals surface area contributed by atoms with Crippen LogP contribution in [0.4, 0.5) is 0 Å². The topological polar surface area (TPSA) is 83.5 Å². The van der Waals surface area contributed by atoms with E-state index in [1.807, 2.05) is 0 Å². The molecule has 1 saturated heterocycles. The van der Waals surface area contributed by atoms with Crippen LogP contribution in [0.15, 0.2) is 0 Å². The van der Waals surface area contributed by atoms with Gasteiger partial charge in [-0.3, -0.25) is 14.4 Å². The molecule has 0 saturated carbocycles. The second-order valence-corrected chi connectivity index (χ2v) is 1.96. The van der Waals surface area contributed by atoms with Crippen molar-refractivity contribution in [1.82, 2.24) is 5.32 Å². The van der Waals surface area contributed by atoms with Gasteiger partial charge in [0.15, 0.2) is 11.7 Å². The molecule has 0 aromatic carbocycles. The number of carbonyl (C=O) groups is 3. The zero-order valence-electron chi connectivity index (χ0n) is 4.96. The second-order valence-electron chi connectivity index (χ2n) is 1.96. The van der Waals surface area contributed by atoms with Crippen molar-refractivity contribution in [2.75, 3.05) is 6.54 Å². The van der Waals surface area contributed by atoms with Gasteiger partial charge in [0.2, 0.25) is 5.91 Å². The molecule has 1 amide bonds. The van der Waals surface area contributed by atoms with E-state index in [1.54, 1.807) is 0 Å².